The van der Waals surface area contributed by atoms with Crippen LogP contribution in [0.15, 0.2) is 72.9 Å². The molecule has 0 fully saturated rings. The van der Waals surface area contributed by atoms with Gasteiger partial charge in [0.15, 0.2) is 0 Å². The van der Waals surface area contributed by atoms with Crippen molar-refractivity contribution in [2.24, 2.45) is 71.0 Å². The molecule has 0 spiro atoms. The van der Waals surface area contributed by atoms with E-state index >= 15 is 0 Å². The van der Waals surface area contributed by atoms with E-state index in [4.69, 9.17) is 0 Å². The molecular weight excluding hydrogens is 556 g/mol. The SMILES string of the molecule is C[C@H]1[C@H](C)[C@@H](N(Cc2ccc(CN([C@H]3C=C[C@@H](C)[C@@H](C)[C@@H]3C)[C@H]3C=C[C@@H](C)[C@@H](C)[C@@H]3C)cc2)[C@H]2C=C[C@@H](C)[C@@H](C)[C@@H]2C)C=C[C@H]1C. The topological polar surface area (TPSA) is 6.48 Å². The van der Waals surface area contributed by atoms with Crippen molar-refractivity contribution < 1.29 is 0 Å². The summed E-state index contributed by atoms with van der Waals surface area (Å²) in [5, 5.41) is 0. The van der Waals surface area contributed by atoms with Gasteiger partial charge in [-0.3, -0.25) is 9.80 Å². The van der Waals surface area contributed by atoms with E-state index in [0.29, 0.717) is 95.2 Å². The van der Waals surface area contributed by atoms with Crippen LogP contribution in [-0.2, 0) is 13.1 Å². The van der Waals surface area contributed by atoms with Gasteiger partial charge in [0, 0.05) is 37.3 Å². The summed E-state index contributed by atoms with van der Waals surface area (Å²) in [6.45, 7) is 31.4. The first-order valence-electron chi connectivity index (χ1n) is 19.1. The molecular formula is C44H68N2. The molecule has 46 heavy (non-hydrogen) atoms. The fraction of sp³-hybridized carbons (Fsp3) is 0.682. The molecule has 2 heteroatoms. The van der Waals surface area contributed by atoms with Gasteiger partial charge in [0.05, 0.1) is 0 Å². The third-order valence-electron chi connectivity index (χ3n) is 14.5. The summed E-state index contributed by atoms with van der Waals surface area (Å²) in [6.07, 6.45) is 20.2. The molecule has 4 aliphatic rings. The van der Waals surface area contributed by atoms with Crippen molar-refractivity contribution in [3.8, 4) is 0 Å². The first-order valence-corrected chi connectivity index (χ1v) is 19.1. The number of nitrogens with zero attached hydrogens (tertiary/aromatic N) is 2. The van der Waals surface area contributed by atoms with Crippen molar-refractivity contribution in [1.29, 1.82) is 0 Å². The zero-order valence-electron chi connectivity index (χ0n) is 31.5. The van der Waals surface area contributed by atoms with Crippen LogP contribution in [0.2, 0.25) is 0 Å². The molecule has 0 saturated heterocycles. The van der Waals surface area contributed by atoms with Crippen LogP contribution < -0.4 is 0 Å². The highest BCUT2D eigenvalue weighted by atomic mass is 15.2. The summed E-state index contributed by atoms with van der Waals surface area (Å²) in [4.78, 5) is 5.70. The van der Waals surface area contributed by atoms with Crippen molar-refractivity contribution in [2.45, 2.75) is 120 Å². The summed E-state index contributed by atoms with van der Waals surface area (Å²) in [7, 11) is 0. The lowest BCUT2D eigenvalue weighted by Crippen LogP contribution is -2.52. The largest absolute Gasteiger partial charge is 0.286 e. The fourth-order valence-electron chi connectivity index (χ4n) is 9.36. The number of rotatable bonds is 8. The van der Waals surface area contributed by atoms with Gasteiger partial charge >= 0.3 is 0 Å². The second-order valence-electron chi connectivity index (χ2n) is 17.0. The zero-order chi connectivity index (χ0) is 33.4. The summed E-state index contributed by atoms with van der Waals surface area (Å²) < 4.78 is 0. The molecule has 1 aromatic rings. The van der Waals surface area contributed by atoms with E-state index in [1.54, 1.807) is 0 Å². The van der Waals surface area contributed by atoms with Gasteiger partial charge in [-0.15, -0.1) is 0 Å². The van der Waals surface area contributed by atoms with Gasteiger partial charge in [0.1, 0.15) is 0 Å². The van der Waals surface area contributed by atoms with Gasteiger partial charge in [-0.05, 0) is 82.1 Å². The lowest BCUT2D eigenvalue weighted by atomic mass is 9.72. The molecule has 16 atom stereocenters. The third kappa shape index (κ3) is 7.10. The summed E-state index contributed by atoms with van der Waals surface area (Å²) in [6, 6.07) is 11.6. The molecule has 254 valence electrons. The van der Waals surface area contributed by atoms with Crippen LogP contribution in [0, 0.1) is 71.0 Å². The van der Waals surface area contributed by atoms with Crippen molar-refractivity contribution >= 4 is 0 Å². The molecule has 1 aromatic carbocycles. The molecule has 0 radical (unpaired) electrons. The molecule has 0 amide bonds. The van der Waals surface area contributed by atoms with E-state index in [1.807, 2.05) is 0 Å². The molecule has 0 bridgehead atoms. The Morgan fingerprint density at radius 1 is 0.326 bits per heavy atom. The highest BCUT2D eigenvalue weighted by Crippen LogP contribution is 2.41. The molecule has 2 nitrogen and oxygen atoms in total. The Bertz CT molecular complexity index is 1090. The average Bonchev–Trinajstić information content (AvgIpc) is 3.04. The Morgan fingerprint density at radius 2 is 0.543 bits per heavy atom. The highest BCUT2D eigenvalue weighted by molar-refractivity contribution is 5.25. The van der Waals surface area contributed by atoms with Crippen LogP contribution >= 0.6 is 0 Å². The molecule has 0 aromatic heterocycles. The predicted octanol–water partition coefficient (Wildman–Crippen LogP) is 10.7. The quantitative estimate of drug-likeness (QED) is 0.266. The van der Waals surface area contributed by atoms with Gasteiger partial charge in [-0.1, -0.05) is 156 Å². The maximum absolute atomic E-state index is 2.85. The van der Waals surface area contributed by atoms with Crippen LogP contribution in [0.25, 0.3) is 0 Å². The lowest BCUT2D eigenvalue weighted by Gasteiger charge is -2.48. The second kappa shape index (κ2) is 14.7. The van der Waals surface area contributed by atoms with Crippen LogP contribution in [0.5, 0.6) is 0 Å². The van der Waals surface area contributed by atoms with Gasteiger partial charge in [-0.25, -0.2) is 0 Å². The lowest BCUT2D eigenvalue weighted by molar-refractivity contribution is 0.0534. The number of benzene rings is 1. The number of hydrogen-bond acceptors (Lipinski definition) is 2. The minimum absolute atomic E-state index is 0.465. The minimum atomic E-state index is 0.465. The molecule has 0 N–H and O–H groups in total. The Balaban J connectivity index is 1.42. The van der Waals surface area contributed by atoms with Gasteiger partial charge in [0.25, 0.3) is 0 Å². The van der Waals surface area contributed by atoms with E-state index in [0.717, 1.165) is 13.1 Å². The summed E-state index contributed by atoms with van der Waals surface area (Å²) in [5.74, 6) is 7.88. The van der Waals surface area contributed by atoms with Gasteiger partial charge < -0.3 is 0 Å². The van der Waals surface area contributed by atoms with Gasteiger partial charge in [0.2, 0.25) is 0 Å². The van der Waals surface area contributed by atoms with Crippen LogP contribution in [-0.4, -0.2) is 34.0 Å². The Morgan fingerprint density at radius 3 is 0.761 bits per heavy atom. The monoisotopic (exact) mass is 625 g/mol. The van der Waals surface area contributed by atoms with Crippen molar-refractivity contribution in [3.63, 3.8) is 0 Å². The maximum atomic E-state index is 2.85. The van der Waals surface area contributed by atoms with E-state index < -0.39 is 0 Å². The fourth-order valence-corrected chi connectivity index (χ4v) is 9.36. The van der Waals surface area contributed by atoms with Crippen molar-refractivity contribution in [3.05, 3.63) is 84.0 Å². The number of allylic oxidation sites excluding steroid dienone is 4. The normalized spacial score (nSPS) is 44.3. The van der Waals surface area contributed by atoms with Crippen molar-refractivity contribution in [2.75, 3.05) is 0 Å². The molecule has 0 heterocycles. The second-order valence-corrected chi connectivity index (χ2v) is 17.0. The highest BCUT2D eigenvalue weighted by Gasteiger charge is 2.40. The van der Waals surface area contributed by atoms with E-state index in [2.05, 4.69) is 166 Å². The maximum Gasteiger partial charge on any atom is 0.0316 e. The van der Waals surface area contributed by atoms with E-state index in [1.165, 1.54) is 11.1 Å². The Labute approximate surface area is 284 Å². The first-order chi connectivity index (χ1) is 21.8. The Kier molecular flexibility index (Phi) is 11.3. The average molecular weight is 625 g/mol. The van der Waals surface area contributed by atoms with Crippen LogP contribution in [0.1, 0.15) is 94.2 Å². The van der Waals surface area contributed by atoms with Crippen LogP contribution in [0.3, 0.4) is 0 Å². The van der Waals surface area contributed by atoms with E-state index in [9.17, 15) is 0 Å². The van der Waals surface area contributed by atoms with Crippen LogP contribution in [0.4, 0.5) is 0 Å². The Hall–Kier alpha value is -1.90. The van der Waals surface area contributed by atoms with Crippen molar-refractivity contribution in [1.82, 2.24) is 9.80 Å². The molecule has 0 aliphatic heterocycles. The molecule has 5 rings (SSSR count). The van der Waals surface area contributed by atoms with E-state index in [-0.39, 0.29) is 0 Å². The molecule has 4 aliphatic carbocycles. The third-order valence-corrected chi connectivity index (χ3v) is 14.5. The smallest absolute Gasteiger partial charge is 0.0316 e. The minimum Gasteiger partial charge on any atom is -0.286 e. The summed E-state index contributed by atoms with van der Waals surface area (Å²) in [5.41, 5.74) is 2.88. The predicted molar refractivity (Wildman–Crippen MR) is 199 cm³/mol. The summed E-state index contributed by atoms with van der Waals surface area (Å²) >= 11 is 0. The molecule has 0 saturated carbocycles. The first kappa shape index (κ1) is 35.4. The number of hydrogen-bond donors (Lipinski definition) is 0. The van der Waals surface area contributed by atoms with Gasteiger partial charge in [-0.2, -0.15) is 0 Å². The standard InChI is InChI=1S/C44H68N2/c1-27-13-21-41(35(9)31(27)5)45(42-22-14-28(2)32(6)36(42)10)25-39-17-19-40(20-18-39)26-46(43-23-15-29(3)33(7)37(43)11)44-24-16-30(4)34(8)38(44)12/h13-24,27-38,41-44H,25-26H2,1-12H3/t27-,28-,29-,30-,31-,32-,33-,34-,35+,36+,37+,38+,41+,42+,43+,44+/m1/s1. The zero-order valence-corrected chi connectivity index (χ0v) is 31.5. The molecule has 0 unspecified atom stereocenters.